The Balaban J connectivity index is 2.21. The van der Waals surface area contributed by atoms with E-state index in [1.54, 1.807) is 11.8 Å². The van der Waals surface area contributed by atoms with Crippen LogP contribution in [0.15, 0.2) is 58.3 Å². The van der Waals surface area contributed by atoms with Crippen molar-refractivity contribution in [2.45, 2.75) is 16.7 Å². The van der Waals surface area contributed by atoms with Crippen LogP contribution in [0.1, 0.15) is 6.92 Å². The van der Waals surface area contributed by atoms with Gasteiger partial charge < -0.3 is 4.74 Å². The van der Waals surface area contributed by atoms with Crippen LogP contribution < -0.4 is 4.74 Å². The molecular formula is C14H13OS. The third-order valence-corrected chi connectivity index (χ3v) is 3.12. The first-order valence-corrected chi connectivity index (χ1v) is 6.07. The molecule has 0 bridgehead atoms. The molecule has 0 saturated carbocycles. The summed E-state index contributed by atoms with van der Waals surface area (Å²) in [5, 5.41) is 0. The van der Waals surface area contributed by atoms with E-state index in [0.717, 1.165) is 10.6 Å². The molecule has 2 rings (SSSR count). The predicted molar refractivity (Wildman–Crippen MR) is 67.0 cm³/mol. The number of benzene rings is 2. The van der Waals surface area contributed by atoms with Crippen molar-refractivity contribution in [2.75, 3.05) is 6.61 Å². The molecule has 0 heterocycles. The van der Waals surface area contributed by atoms with E-state index in [0.29, 0.717) is 6.61 Å². The van der Waals surface area contributed by atoms with Crippen LogP contribution in [0.25, 0.3) is 0 Å². The van der Waals surface area contributed by atoms with Crippen molar-refractivity contribution >= 4 is 11.8 Å². The Morgan fingerprint density at radius 3 is 2.75 bits per heavy atom. The quantitative estimate of drug-likeness (QED) is 0.782. The highest BCUT2D eigenvalue weighted by molar-refractivity contribution is 7.99. The van der Waals surface area contributed by atoms with Crippen molar-refractivity contribution in [3.63, 3.8) is 0 Å². The Morgan fingerprint density at radius 1 is 1.19 bits per heavy atom. The first-order chi connectivity index (χ1) is 7.90. The van der Waals surface area contributed by atoms with Crippen LogP contribution in [0.4, 0.5) is 0 Å². The summed E-state index contributed by atoms with van der Waals surface area (Å²) in [6, 6.07) is 19.1. The van der Waals surface area contributed by atoms with Crippen molar-refractivity contribution < 1.29 is 4.74 Å². The second-order valence-electron chi connectivity index (χ2n) is 3.22. The molecule has 1 radical (unpaired) electrons. The van der Waals surface area contributed by atoms with Crippen LogP contribution in [-0.4, -0.2) is 6.61 Å². The minimum absolute atomic E-state index is 0.681. The fraction of sp³-hybridized carbons (Fsp3) is 0.143. The van der Waals surface area contributed by atoms with Gasteiger partial charge in [-0.2, -0.15) is 0 Å². The van der Waals surface area contributed by atoms with E-state index in [2.05, 4.69) is 18.2 Å². The molecule has 0 N–H and O–H groups in total. The first-order valence-electron chi connectivity index (χ1n) is 5.26. The summed E-state index contributed by atoms with van der Waals surface area (Å²) in [5.41, 5.74) is 0. The van der Waals surface area contributed by atoms with Gasteiger partial charge in [0.1, 0.15) is 5.75 Å². The van der Waals surface area contributed by atoms with E-state index in [9.17, 15) is 0 Å². The minimum Gasteiger partial charge on any atom is -0.493 e. The summed E-state index contributed by atoms with van der Waals surface area (Å²) in [7, 11) is 0. The smallest absolute Gasteiger partial charge is 0.133 e. The molecule has 16 heavy (non-hydrogen) atoms. The fourth-order valence-electron chi connectivity index (χ4n) is 1.37. The summed E-state index contributed by atoms with van der Waals surface area (Å²) in [6.07, 6.45) is 0. The Bertz CT molecular complexity index is 439. The highest BCUT2D eigenvalue weighted by Crippen LogP contribution is 2.34. The third kappa shape index (κ3) is 2.80. The molecule has 2 aromatic rings. The summed E-state index contributed by atoms with van der Waals surface area (Å²) in [4.78, 5) is 2.35. The van der Waals surface area contributed by atoms with Gasteiger partial charge in [-0.05, 0) is 37.3 Å². The van der Waals surface area contributed by atoms with Gasteiger partial charge in [-0.1, -0.05) is 36.0 Å². The number of ether oxygens (including phenoxy) is 1. The molecule has 0 aliphatic rings. The van der Waals surface area contributed by atoms with Crippen molar-refractivity contribution in [3.8, 4) is 5.75 Å². The lowest BCUT2D eigenvalue weighted by Gasteiger charge is -2.08. The van der Waals surface area contributed by atoms with E-state index in [1.165, 1.54) is 4.90 Å². The van der Waals surface area contributed by atoms with Gasteiger partial charge in [-0.3, -0.25) is 0 Å². The van der Waals surface area contributed by atoms with Crippen LogP contribution >= 0.6 is 11.8 Å². The van der Waals surface area contributed by atoms with Gasteiger partial charge in [0.05, 0.1) is 11.5 Å². The van der Waals surface area contributed by atoms with Gasteiger partial charge in [-0.15, -0.1) is 0 Å². The second kappa shape index (κ2) is 5.61. The zero-order chi connectivity index (χ0) is 11.2. The van der Waals surface area contributed by atoms with Crippen LogP contribution in [0.3, 0.4) is 0 Å². The van der Waals surface area contributed by atoms with Gasteiger partial charge in [0.15, 0.2) is 0 Å². The molecule has 0 unspecified atom stereocenters. The topological polar surface area (TPSA) is 9.23 Å². The van der Waals surface area contributed by atoms with Crippen molar-refractivity contribution in [1.82, 2.24) is 0 Å². The second-order valence-corrected chi connectivity index (χ2v) is 4.34. The number of hydrogen-bond acceptors (Lipinski definition) is 2. The van der Waals surface area contributed by atoms with E-state index < -0.39 is 0 Å². The van der Waals surface area contributed by atoms with E-state index >= 15 is 0 Å². The number of rotatable bonds is 4. The molecular weight excluding hydrogens is 216 g/mol. The zero-order valence-corrected chi connectivity index (χ0v) is 9.96. The largest absolute Gasteiger partial charge is 0.493 e. The Labute approximate surface area is 100 Å². The van der Waals surface area contributed by atoms with E-state index in [-0.39, 0.29) is 0 Å². The highest BCUT2D eigenvalue weighted by atomic mass is 32.2. The third-order valence-electron chi connectivity index (χ3n) is 2.06. The average molecular weight is 229 g/mol. The molecule has 0 aliphatic heterocycles. The zero-order valence-electron chi connectivity index (χ0n) is 9.14. The van der Waals surface area contributed by atoms with E-state index in [1.807, 2.05) is 43.3 Å². The van der Waals surface area contributed by atoms with Crippen molar-refractivity contribution in [1.29, 1.82) is 0 Å². The Hall–Kier alpha value is -1.41. The molecule has 0 aromatic heterocycles. The maximum atomic E-state index is 5.56. The SMILES string of the molecule is CCOc1c[c]ccc1Sc1ccccc1. The minimum atomic E-state index is 0.681. The molecule has 2 aromatic carbocycles. The van der Waals surface area contributed by atoms with Crippen LogP contribution in [0.2, 0.25) is 0 Å². The van der Waals surface area contributed by atoms with Crippen molar-refractivity contribution in [3.05, 3.63) is 54.6 Å². The maximum Gasteiger partial charge on any atom is 0.133 e. The molecule has 2 heteroatoms. The molecule has 81 valence electrons. The molecule has 0 spiro atoms. The molecule has 0 saturated heterocycles. The molecule has 0 fully saturated rings. The Kier molecular flexibility index (Phi) is 3.89. The lowest BCUT2D eigenvalue weighted by atomic mass is 10.3. The summed E-state index contributed by atoms with van der Waals surface area (Å²) >= 11 is 1.71. The molecule has 1 nitrogen and oxygen atoms in total. The van der Waals surface area contributed by atoms with E-state index in [4.69, 9.17) is 4.74 Å². The lowest BCUT2D eigenvalue weighted by molar-refractivity contribution is 0.332. The van der Waals surface area contributed by atoms with Crippen molar-refractivity contribution in [2.24, 2.45) is 0 Å². The number of hydrogen-bond donors (Lipinski definition) is 0. The lowest BCUT2D eigenvalue weighted by Crippen LogP contribution is -1.92. The van der Waals surface area contributed by atoms with Gasteiger partial charge in [-0.25, -0.2) is 0 Å². The molecule has 0 aliphatic carbocycles. The molecule has 0 atom stereocenters. The van der Waals surface area contributed by atoms with Crippen LogP contribution in [0.5, 0.6) is 5.75 Å². The van der Waals surface area contributed by atoms with Crippen LogP contribution in [0, 0.1) is 6.07 Å². The summed E-state index contributed by atoms with van der Waals surface area (Å²) in [6.45, 7) is 2.67. The van der Waals surface area contributed by atoms with Gasteiger partial charge in [0, 0.05) is 4.90 Å². The highest BCUT2D eigenvalue weighted by Gasteiger charge is 2.03. The molecule has 0 amide bonds. The monoisotopic (exact) mass is 229 g/mol. The first kappa shape index (κ1) is 11.1. The van der Waals surface area contributed by atoms with Gasteiger partial charge in [0.2, 0.25) is 0 Å². The standard InChI is InChI=1S/C14H13OS/c1-2-15-13-10-6-7-11-14(13)16-12-8-4-3-5-9-12/h3-5,7-11H,2H2,1H3. The average Bonchev–Trinajstić information content (AvgIpc) is 2.33. The van der Waals surface area contributed by atoms with Gasteiger partial charge in [0.25, 0.3) is 0 Å². The van der Waals surface area contributed by atoms with Gasteiger partial charge >= 0.3 is 0 Å². The summed E-state index contributed by atoms with van der Waals surface area (Å²) < 4.78 is 5.56. The Morgan fingerprint density at radius 2 is 2.00 bits per heavy atom. The normalized spacial score (nSPS) is 10.1. The summed E-state index contributed by atoms with van der Waals surface area (Å²) in [5.74, 6) is 0.902. The van der Waals surface area contributed by atoms with Crippen LogP contribution in [-0.2, 0) is 0 Å². The maximum absolute atomic E-state index is 5.56. The fourth-order valence-corrected chi connectivity index (χ4v) is 2.27. The predicted octanol–water partition coefficient (Wildman–Crippen LogP) is 4.04.